The van der Waals surface area contributed by atoms with Crippen molar-refractivity contribution in [2.75, 3.05) is 20.1 Å². The molecule has 1 atom stereocenters. The van der Waals surface area contributed by atoms with Gasteiger partial charge in [-0.25, -0.2) is 0 Å². The largest absolute Gasteiger partial charge is 0.480 e. The Hall–Kier alpha value is -0.610. The third-order valence-electron chi connectivity index (χ3n) is 3.95. The lowest BCUT2D eigenvalue weighted by Crippen LogP contribution is -2.42. The molecule has 1 aliphatic rings. The van der Waals surface area contributed by atoms with E-state index in [-0.39, 0.29) is 6.04 Å². The monoisotopic (exact) mass is 256 g/mol. The van der Waals surface area contributed by atoms with Crippen LogP contribution in [0.5, 0.6) is 0 Å². The van der Waals surface area contributed by atoms with Crippen molar-refractivity contribution in [1.29, 1.82) is 0 Å². The summed E-state index contributed by atoms with van der Waals surface area (Å²) in [4.78, 5) is 13.4. The molecule has 106 valence electrons. The van der Waals surface area contributed by atoms with E-state index in [1.54, 1.807) is 0 Å². The molecule has 1 rings (SSSR count). The molecule has 18 heavy (non-hydrogen) atoms. The predicted octanol–water partition coefficient (Wildman–Crippen LogP) is 2.09. The highest BCUT2D eigenvalue weighted by atomic mass is 16.4. The fourth-order valence-corrected chi connectivity index (χ4v) is 2.66. The first kappa shape index (κ1) is 15.4. The molecule has 0 amide bonds. The standard InChI is InChI=1S/C14H28N2O2/c1-3-4-9-13(14(17)18)15-10-11-16(2)12-7-5-6-8-12/h12-13,15H,3-11H2,1-2H3,(H,17,18). The molecule has 0 aliphatic heterocycles. The zero-order valence-electron chi connectivity index (χ0n) is 11.8. The van der Waals surface area contributed by atoms with Gasteiger partial charge in [-0.15, -0.1) is 0 Å². The van der Waals surface area contributed by atoms with Crippen LogP contribution in [-0.2, 0) is 4.79 Å². The highest BCUT2D eigenvalue weighted by Crippen LogP contribution is 2.21. The summed E-state index contributed by atoms with van der Waals surface area (Å²) in [5.74, 6) is -0.716. The quantitative estimate of drug-likeness (QED) is 0.663. The molecule has 1 unspecified atom stereocenters. The number of nitrogens with zero attached hydrogens (tertiary/aromatic N) is 1. The molecule has 0 bridgehead atoms. The lowest BCUT2D eigenvalue weighted by Gasteiger charge is -2.25. The molecule has 0 heterocycles. The van der Waals surface area contributed by atoms with Crippen molar-refractivity contribution < 1.29 is 9.90 Å². The van der Waals surface area contributed by atoms with Gasteiger partial charge in [-0.3, -0.25) is 4.79 Å². The molecule has 0 saturated heterocycles. The van der Waals surface area contributed by atoms with Crippen molar-refractivity contribution in [3.63, 3.8) is 0 Å². The number of unbranched alkanes of at least 4 members (excludes halogenated alkanes) is 1. The normalized spacial score (nSPS) is 18.4. The number of likely N-dealkylation sites (N-methyl/N-ethyl adjacent to an activating group) is 1. The van der Waals surface area contributed by atoms with Crippen LogP contribution in [0.25, 0.3) is 0 Å². The average Bonchev–Trinajstić information content (AvgIpc) is 2.86. The highest BCUT2D eigenvalue weighted by Gasteiger charge is 2.20. The van der Waals surface area contributed by atoms with Gasteiger partial charge in [-0.2, -0.15) is 0 Å². The molecule has 4 heteroatoms. The van der Waals surface area contributed by atoms with E-state index in [0.717, 1.165) is 32.4 Å². The Bertz CT molecular complexity index is 240. The van der Waals surface area contributed by atoms with Gasteiger partial charge < -0.3 is 15.3 Å². The second-order valence-electron chi connectivity index (χ2n) is 5.41. The number of hydrogen-bond donors (Lipinski definition) is 2. The number of hydrogen-bond acceptors (Lipinski definition) is 3. The summed E-state index contributed by atoms with van der Waals surface area (Å²) in [6, 6.07) is 0.340. The number of carboxylic acid groups (broad SMARTS) is 1. The van der Waals surface area contributed by atoms with Gasteiger partial charge in [0.1, 0.15) is 6.04 Å². The van der Waals surface area contributed by atoms with Crippen molar-refractivity contribution in [1.82, 2.24) is 10.2 Å². The average molecular weight is 256 g/mol. The Labute approximate surface area is 111 Å². The van der Waals surface area contributed by atoms with E-state index in [2.05, 4.69) is 24.2 Å². The van der Waals surface area contributed by atoms with E-state index in [4.69, 9.17) is 5.11 Å². The molecule has 0 aromatic carbocycles. The van der Waals surface area contributed by atoms with Crippen LogP contribution in [0, 0.1) is 0 Å². The van der Waals surface area contributed by atoms with Gasteiger partial charge >= 0.3 is 5.97 Å². The van der Waals surface area contributed by atoms with Crippen molar-refractivity contribution in [2.45, 2.75) is 64.0 Å². The number of rotatable bonds is 9. The second-order valence-corrected chi connectivity index (χ2v) is 5.41. The summed E-state index contributed by atoms with van der Waals surface area (Å²) in [7, 11) is 2.15. The molecule has 0 aromatic rings. The van der Waals surface area contributed by atoms with E-state index in [0.29, 0.717) is 6.04 Å². The summed E-state index contributed by atoms with van der Waals surface area (Å²) >= 11 is 0. The van der Waals surface area contributed by atoms with Crippen molar-refractivity contribution in [3.8, 4) is 0 Å². The Balaban J connectivity index is 2.18. The molecule has 0 spiro atoms. The van der Waals surface area contributed by atoms with Crippen LogP contribution >= 0.6 is 0 Å². The second kappa shape index (κ2) is 8.48. The van der Waals surface area contributed by atoms with E-state index in [1.165, 1.54) is 25.7 Å². The molecule has 1 aliphatic carbocycles. The molecular weight excluding hydrogens is 228 g/mol. The van der Waals surface area contributed by atoms with E-state index >= 15 is 0 Å². The first-order valence-corrected chi connectivity index (χ1v) is 7.31. The lowest BCUT2D eigenvalue weighted by atomic mass is 10.1. The van der Waals surface area contributed by atoms with Crippen LogP contribution in [0.1, 0.15) is 51.9 Å². The smallest absolute Gasteiger partial charge is 0.320 e. The predicted molar refractivity (Wildman–Crippen MR) is 73.8 cm³/mol. The van der Waals surface area contributed by atoms with Crippen LogP contribution in [0.15, 0.2) is 0 Å². The fraction of sp³-hybridized carbons (Fsp3) is 0.929. The van der Waals surface area contributed by atoms with Crippen LogP contribution in [0.4, 0.5) is 0 Å². The summed E-state index contributed by atoms with van der Waals surface area (Å²) in [5, 5.41) is 12.3. The first-order chi connectivity index (χ1) is 8.65. The van der Waals surface area contributed by atoms with Crippen molar-refractivity contribution >= 4 is 5.97 Å². The van der Waals surface area contributed by atoms with Gasteiger partial charge in [-0.05, 0) is 26.3 Å². The van der Waals surface area contributed by atoms with Gasteiger partial charge in [0.15, 0.2) is 0 Å². The molecule has 0 radical (unpaired) electrons. The van der Waals surface area contributed by atoms with Crippen molar-refractivity contribution in [3.05, 3.63) is 0 Å². The Morgan fingerprint density at radius 1 is 1.44 bits per heavy atom. The minimum atomic E-state index is -0.716. The fourth-order valence-electron chi connectivity index (χ4n) is 2.66. The Morgan fingerprint density at radius 3 is 2.67 bits per heavy atom. The maximum atomic E-state index is 11.1. The third-order valence-corrected chi connectivity index (χ3v) is 3.95. The van der Waals surface area contributed by atoms with Gasteiger partial charge in [0.05, 0.1) is 0 Å². The SMILES string of the molecule is CCCCC(NCCN(C)C1CCCC1)C(=O)O. The number of carbonyl (C=O) groups is 1. The Morgan fingerprint density at radius 2 is 2.11 bits per heavy atom. The van der Waals surface area contributed by atoms with E-state index in [1.807, 2.05) is 0 Å². The summed E-state index contributed by atoms with van der Waals surface area (Å²) in [5.41, 5.74) is 0. The molecule has 0 aromatic heterocycles. The van der Waals surface area contributed by atoms with Crippen LogP contribution < -0.4 is 5.32 Å². The third kappa shape index (κ3) is 5.36. The number of aliphatic carboxylic acids is 1. The molecule has 2 N–H and O–H groups in total. The van der Waals surface area contributed by atoms with Crippen LogP contribution in [-0.4, -0.2) is 48.2 Å². The van der Waals surface area contributed by atoms with Crippen LogP contribution in [0.2, 0.25) is 0 Å². The maximum Gasteiger partial charge on any atom is 0.320 e. The van der Waals surface area contributed by atoms with E-state index in [9.17, 15) is 4.79 Å². The van der Waals surface area contributed by atoms with Gasteiger partial charge in [0.2, 0.25) is 0 Å². The molecule has 1 saturated carbocycles. The minimum absolute atomic E-state index is 0.373. The van der Waals surface area contributed by atoms with Gasteiger partial charge in [0, 0.05) is 19.1 Å². The number of carboxylic acids is 1. The zero-order valence-corrected chi connectivity index (χ0v) is 11.8. The van der Waals surface area contributed by atoms with Crippen LogP contribution in [0.3, 0.4) is 0 Å². The molecular formula is C14H28N2O2. The van der Waals surface area contributed by atoms with Gasteiger partial charge in [-0.1, -0.05) is 32.6 Å². The zero-order chi connectivity index (χ0) is 13.4. The van der Waals surface area contributed by atoms with Gasteiger partial charge in [0.25, 0.3) is 0 Å². The number of nitrogens with one attached hydrogen (secondary N) is 1. The minimum Gasteiger partial charge on any atom is -0.480 e. The summed E-state index contributed by atoms with van der Waals surface area (Å²) in [6.07, 6.45) is 8.05. The molecule has 1 fully saturated rings. The summed E-state index contributed by atoms with van der Waals surface area (Å²) < 4.78 is 0. The van der Waals surface area contributed by atoms with E-state index < -0.39 is 5.97 Å². The van der Waals surface area contributed by atoms with Crippen molar-refractivity contribution in [2.24, 2.45) is 0 Å². The maximum absolute atomic E-state index is 11.1. The first-order valence-electron chi connectivity index (χ1n) is 7.31. The lowest BCUT2D eigenvalue weighted by molar-refractivity contribution is -0.139. The highest BCUT2D eigenvalue weighted by molar-refractivity contribution is 5.73. The summed E-state index contributed by atoms with van der Waals surface area (Å²) in [6.45, 7) is 3.81. The topological polar surface area (TPSA) is 52.6 Å². The Kier molecular flexibility index (Phi) is 7.28. The molecule has 4 nitrogen and oxygen atoms in total.